The standard InChI is InChI=1S/C12H11NOS/c1-2-8-13-10-5-3-4-6-11(10)15-9-7-12(13)14/h1,3-6H,7-9H2. The summed E-state index contributed by atoms with van der Waals surface area (Å²) in [5, 5.41) is 0. The molecule has 0 atom stereocenters. The van der Waals surface area contributed by atoms with Gasteiger partial charge in [0.05, 0.1) is 12.2 Å². The first kappa shape index (κ1) is 10.1. The first-order valence-corrected chi connectivity index (χ1v) is 5.77. The number of amides is 1. The van der Waals surface area contributed by atoms with Crippen LogP contribution in [0.25, 0.3) is 0 Å². The highest BCUT2D eigenvalue weighted by Crippen LogP contribution is 2.33. The van der Waals surface area contributed by atoms with Gasteiger partial charge in [0, 0.05) is 17.1 Å². The molecule has 1 aromatic carbocycles. The van der Waals surface area contributed by atoms with Crippen molar-refractivity contribution in [2.45, 2.75) is 11.3 Å². The fraction of sp³-hybridized carbons (Fsp3) is 0.250. The average molecular weight is 217 g/mol. The van der Waals surface area contributed by atoms with E-state index in [0.717, 1.165) is 16.3 Å². The molecule has 2 nitrogen and oxygen atoms in total. The number of carbonyl (C=O) groups is 1. The minimum Gasteiger partial charge on any atom is -0.300 e. The van der Waals surface area contributed by atoms with Gasteiger partial charge in [-0.05, 0) is 12.1 Å². The fourth-order valence-electron chi connectivity index (χ4n) is 1.58. The largest absolute Gasteiger partial charge is 0.300 e. The molecule has 0 N–H and O–H groups in total. The molecule has 1 aliphatic rings. The third-order valence-electron chi connectivity index (χ3n) is 2.28. The van der Waals surface area contributed by atoms with Gasteiger partial charge in [-0.15, -0.1) is 18.2 Å². The maximum atomic E-state index is 11.8. The fourth-order valence-corrected chi connectivity index (χ4v) is 2.58. The zero-order valence-corrected chi connectivity index (χ0v) is 9.09. The summed E-state index contributed by atoms with van der Waals surface area (Å²) >= 11 is 1.71. The van der Waals surface area contributed by atoms with Crippen LogP contribution in [0.4, 0.5) is 5.69 Å². The lowest BCUT2D eigenvalue weighted by Gasteiger charge is -2.19. The molecule has 0 saturated heterocycles. The van der Waals surface area contributed by atoms with E-state index in [1.54, 1.807) is 16.7 Å². The Hall–Kier alpha value is -1.40. The van der Waals surface area contributed by atoms with Crippen molar-refractivity contribution in [2.75, 3.05) is 17.2 Å². The van der Waals surface area contributed by atoms with Gasteiger partial charge in [-0.3, -0.25) is 9.69 Å². The van der Waals surface area contributed by atoms with Gasteiger partial charge < -0.3 is 0 Å². The monoisotopic (exact) mass is 217 g/mol. The molecule has 0 aromatic heterocycles. The Balaban J connectivity index is 2.43. The highest BCUT2D eigenvalue weighted by Gasteiger charge is 2.20. The van der Waals surface area contributed by atoms with Crippen LogP contribution in [0.3, 0.4) is 0 Å². The minimum atomic E-state index is 0.116. The van der Waals surface area contributed by atoms with Gasteiger partial charge in [0.15, 0.2) is 0 Å². The van der Waals surface area contributed by atoms with Gasteiger partial charge in [0.25, 0.3) is 0 Å². The Morgan fingerprint density at radius 3 is 3.07 bits per heavy atom. The maximum Gasteiger partial charge on any atom is 0.228 e. The van der Waals surface area contributed by atoms with Crippen LogP contribution >= 0.6 is 11.8 Å². The predicted octanol–water partition coefficient (Wildman–Crippen LogP) is 2.15. The van der Waals surface area contributed by atoms with Gasteiger partial charge >= 0.3 is 0 Å². The van der Waals surface area contributed by atoms with E-state index in [-0.39, 0.29) is 5.91 Å². The molecule has 1 aromatic rings. The van der Waals surface area contributed by atoms with Gasteiger partial charge in [-0.1, -0.05) is 18.1 Å². The van der Waals surface area contributed by atoms with E-state index >= 15 is 0 Å². The summed E-state index contributed by atoms with van der Waals surface area (Å²) in [6.45, 7) is 0.358. The van der Waals surface area contributed by atoms with Crippen LogP contribution in [0.5, 0.6) is 0 Å². The van der Waals surface area contributed by atoms with E-state index in [9.17, 15) is 4.79 Å². The number of nitrogens with zero attached hydrogens (tertiary/aromatic N) is 1. The SMILES string of the molecule is C#CCN1C(=O)CCSc2ccccc21. The number of carbonyl (C=O) groups excluding carboxylic acids is 1. The van der Waals surface area contributed by atoms with E-state index in [1.165, 1.54) is 0 Å². The molecule has 1 heterocycles. The highest BCUT2D eigenvalue weighted by molar-refractivity contribution is 7.99. The third-order valence-corrected chi connectivity index (χ3v) is 3.34. The maximum absolute atomic E-state index is 11.8. The second-order valence-electron chi connectivity index (χ2n) is 3.25. The van der Waals surface area contributed by atoms with E-state index in [4.69, 9.17) is 6.42 Å². The van der Waals surface area contributed by atoms with Crippen LogP contribution in [0, 0.1) is 12.3 Å². The van der Waals surface area contributed by atoms with E-state index in [0.29, 0.717) is 13.0 Å². The molecule has 0 unspecified atom stereocenters. The summed E-state index contributed by atoms with van der Waals surface area (Å²) < 4.78 is 0. The van der Waals surface area contributed by atoms with E-state index < -0.39 is 0 Å². The number of thioether (sulfide) groups is 1. The lowest BCUT2D eigenvalue weighted by atomic mass is 10.2. The number of rotatable bonds is 1. The normalized spacial score (nSPS) is 15.4. The zero-order chi connectivity index (χ0) is 10.7. The molecule has 1 amide bonds. The molecule has 0 fully saturated rings. The lowest BCUT2D eigenvalue weighted by Crippen LogP contribution is -2.30. The van der Waals surface area contributed by atoms with Crippen molar-refractivity contribution in [1.29, 1.82) is 0 Å². The van der Waals surface area contributed by atoms with Crippen LogP contribution in [-0.4, -0.2) is 18.2 Å². The Morgan fingerprint density at radius 2 is 2.27 bits per heavy atom. The predicted molar refractivity (Wildman–Crippen MR) is 63.0 cm³/mol. The highest BCUT2D eigenvalue weighted by atomic mass is 32.2. The Morgan fingerprint density at radius 1 is 1.47 bits per heavy atom. The number of anilines is 1. The summed E-state index contributed by atoms with van der Waals surface area (Å²) in [5.74, 6) is 3.48. The van der Waals surface area contributed by atoms with Gasteiger partial charge in [0.2, 0.25) is 5.91 Å². The van der Waals surface area contributed by atoms with E-state index in [2.05, 4.69) is 5.92 Å². The van der Waals surface area contributed by atoms with Gasteiger partial charge in [-0.2, -0.15) is 0 Å². The number of fused-ring (bicyclic) bond motifs is 1. The van der Waals surface area contributed by atoms with Crippen LogP contribution < -0.4 is 4.90 Å². The summed E-state index contributed by atoms with van der Waals surface area (Å²) in [6.07, 6.45) is 5.84. The topological polar surface area (TPSA) is 20.3 Å². The average Bonchev–Trinajstić information content (AvgIpc) is 2.40. The molecule has 0 radical (unpaired) electrons. The number of hydrogen-bond acceptors (Lipinski definition) is 2. The van der Waals surface area contributed by atoms with Crippen LogP contribution in [0.1, 0.15) is 6.42 Å². The molecule has 0 aliphatic carbocycles. The van der Waals surface area contributed by atoms with Crippen LogP contribution in [0.2, 0.25) is 0 Å². The molecule has 76 valence electrons. The second-order valence-corrected chi connectivity index (χ2v) is 4.39. The third kappa shape index (κ3) is 2.00. The summed E-state index contributed by atoms with van der Waals surface area (Å²) in [7, 11) is 0. The molecule has 0 bridgehead atoms. The molecule has 2 rings (SSSR count). The van der Waals surface area contributed by atoms with Crippen molar-refractivity contribution in [3.63, 3.8) is 0 Å². The van der Waals surface area contributed by atoms with Crippen molar-refractivity contribution in [3.05, 3.63) is 24.3 Å². The Kier molecular flexibility index (Phi) is 2.98. The molecule has 3 heteroatoms. The zero-order valence-electron chi connectivity index (χ0n) is 8.27. The second kappa shape index (κ2) is 4.41. The van der Waals surface area contributed by atoms with Crippen molar-refractivity contribution in [2.24, 2.45) is 0 Å². The first-order valence-electron chi connectivity index (χ1n) is 4.78. The lowest BCUT2D eigenvalue weighted by molar-refractivity contribution is -0.118. The number of benzene rings is 1. The summed E-state index contributed by atoms with van der Waals surface area (Å²) in [4.78, 5) is 14.6. The molecule has 0 spiro atoms. The molecule has 0 saturated carbocycles. The smallest absolute Gasteiger partial charge is 0.228 e. The van der Waals surface area contributed by atoms with Crippen molar-refractivity contribution in [3.8, 4) is 12.3 Å². The van der Waals surface area contributed by atoms with Crippen LogP contribution in [-0.2, 0) is 4.79 Å². The quantitative estimate of drug-likeness (QED) is 0.672. The summed E-state index contributed by atoms with van der Waals surface area (Å²) in [5.41, 5.74) is 0.947. The number of hydrogen-bond donors (Lipinski definition) is 0. The Bertz CT molecular complexity index is 422. The van der Waals surface area contributed by atoms with Crippen molar-refractivity contribution < 1.29 is 4.79 Å². The van der Waals surface area contributed by atoms with Crippen molar-refractivity contribution in [1.82, 2.24) is 0 Å². The Labute approximate surface area is 93.7 Å². The van der Waals surface area contributed by atoms with Gasteiger partial charge in [0.1, 0.15) is 0 Å². The minimum absolute atomic E-state index is 0.116. The van der Waals surface area contributed by atoms with Crippen LogP contribution in [0.15, 0.2) is 29.2 Å². The molecular weight excluding hydrogens is 206 g/mol. The molecular formula is C12H11NOS. The first-order chi connectivity index (χ1) is 7.33. The van der Waals surface area contributed by atoms with Gasteiger partial charge in [-0.25, -0.2) is 0 Å². The molecule has 15 heavy (non-hydrogen) atoms. The number of para-hydroxylation sites is 1. The number of terminal acetylenes is 1. The van der Waals surface area contributed by atoms with E-state index in [1.807, 2.05) is 24.3 Å². The summed E-state index contributed by atoms with van der Waals surface area (Å²) in [6, 6.07) is 7.89. The molecule has 1 aliphatic heterocycles. The van der Waals surface area contributed by atoms with Crippen molar-refractivity contribution >= 4 is 23.4 Å².